The Kier molecular flexibility index (Phi) is 5.96. The average molecular weight is 350 g/mol. The minimum Gasteiger partial charge on any atom is -0.480 e. The molecule has 1 rings (SSSR count). The Bertz CT molecular complexity index is 544. The smallest absolute Gasteiger partial charge is 0.321 e. The predicted molar refractivity (Wildman–Crippen MR) is 75.4 cm³/mol. The van der Waals surface area contributed by atoms with E-state index in [0.717, 1.165) is 6.42 Å². The molecule has 2 N–H and O–H groups in total. The van der Waals surface area contributed by atoms with E-state index in [1.54, 1.807) is 12.1 Å². The lowest BCUT2D eigenvalue weighted by atomic mass is 10.1. The van der Waals surface area contributed by atoms with Crippen LogP contribution in [0.25, 0.3) is 0 Å². The maximum Gasteiger partial charge on any atom is 0.321 e. The third-order valence-electron chi connectivity index (χ3n) is 2.55. The van der Waals surface area contributed by atoms with Gasteiger partial charge in [0.2, 0.25) is 10.0 Å². The molecule has 0 aliphatic rings. The van der Waals surface area contributed by atoms with Crippen molar-refractivity contribution in [1.29, 1.82) is 0 Å². The second-order valence-corrected chi connectivity index (χ2v) is 6.74. The van der Waals surface area contributed by atoms with Gasteiger partial charge in [-0.3, -0.25) is 4.79 Å². The van der Waals surface area contributed by atoms with E-state index >= 15 is 0 Å². The minimum absolute atomic E-state index is 0.0459. The number of carboxylic acids is 1. The number of carboxylic acid groups (broad SMARTS) is 1. The van der Waals surface area contributed by atoms with E-state index < -0.39 is 22.0 Å². The SMILES string of the molecule is CCCCC(NS(=O)(=O)c1cccc(Br)c1)C(=O)O. The number of unbranched alkanes of at least 4 members (excludes halogenated alkanes) is 1. The number of aliphatic carboxylic acids is 1. The van der Waals surface area contributed by atoms with Crippen LogP contribution in [-0.4, -0.2) is 25.5 Å². The number of hydrogen-bond donors (Lipinski definition) is 2. The molecule has 0 fully saturated rings. The number of halogens is 1. The van der Waals surface area contributed by atoms with Gasteiger partial charge in [0.1, 0.15) is 6.04 Å². The third-order valence-corrected chi connectivity index (χ3v) is 4.51. The fraction of sp³-hybridized carbons (Fsp3) is 0.417. The summed E-state index contributed by atoms with van der Waals surface area (Å²) in [5.41, 5.74) is 0. The molecule has 0 aliphatic heterocycles. The predicted octanol–water partition coefficient (Wildman–Crippen LogP) is 2.37. The molecule has 0 heterocycles. The molecule has 0 radical (unpaired) electrons. The molecule has 1 aromatic carbocycles. The quantitative estimate of drug-likeness (QED) is 0.791. The number of nitrogens with one attached hydrogen (secondary N) is 1. The molecule has 0 aliphatic carbocycles. The van der Waals surface area contributed by atoms with E-state index in [0.29, 0.717) is 10.9 Å². The Morgan fingerprint density at radius 2 is 2.16 bits per heavy atom. The van der Waals surface area contributed by atoms with Gasteiger partial charge in [-0.05, 0) is 24.6 Å². The highest BCUT2D eigenvalue weighted by Gasteiger charge is 2.24. The monoisotopic (exact) mass is 349 g/mol. The van der Waals surface area contributed by atoms with Gasteiger partial charge >= 0.3 is 5.97 Å². The maximum atomic E-state index is 12.1. The van der Waals surface area contributed by atoms with Crippen LogP contribution in [0, 0.1) is 0 Å². The Hall–Kier alpha value is -0.920. The normalized spacial score (nSPS) is 13.2. The van der Waals surface area contributed by atoms with Crippen LogP contribution in [-0.2, 0) is 14.8 Å². The number of rotatable bonds is 7. The first kappa shape index (κ1) is 16.1. The molecular weight excluding hydrogens is 334 g/mol. The number of carbonyl (C=O) groups is 1. The summed E-state index contributed by atoms with van der Waals surface area (Å²) in [6, 6.07) is 5.04. The summed E-state index contributed by atoms with van der Waals surface area (Å²) in [5, 5.41) is 9.03. The summed E-state index contributed by atoms with van der Waals surface area (Å²) < 4.78 is 27.0. The van der Waals surface area contributed by atoms with Crippen molar-refractivity contribution < 1.29 is 18.3 Å². The zero-order valence-electron chi connectivity index (χ0n) is 10.5. The molecule has 0 aromatic heterocycles. The Labute approximate surface area is 121 Å². The van der Waals surface area contributed by atoms with Crippen LogP contribution < -0.4 is 4.72 Å². The first-order valence-corrected chi connectivity index (χ1v) is 8.15. The topological polar surface area (TPSA) is 83.5 Å². The molecule has 106 valence electrons. The maximum absolute atomic E-state index is 12.1. The highest BCUT2D eigenvalue weighted by Crippen LogP contribution is 2.16. The van der Waals surface area contributed by atoms with E-state index in [2.05, 4.69) is 20.7 Å². The van der Waals surface area contributed by atoms with Crippen molar-refractivity contribution in [2.24, 2.45) is 0 Å². The molecule has 0 saturated carbocycles. The molecule has 7 heteroatoms. The summed E-state index contributed by atoms with van der Waals surface area (Å²) >= 11 is 3.18. The minimum atomic E-state index is -3.82. The molecule has 5 nitrogen and oxygen atoms in total. The molecule has 1 aromatic rings. The lowest BCUT2D eigenvalue weighted by molar-refractivity contribution is -0.139. The largest absolute Gasteiger partial charge is 0.480 e. The summed E-state index contributed by atoms with van der Waals surface area (Å²) in [6.07, 6.45) is 1.74. The summed E-state index contributed by atoms with van der Waals surface area (Å²) in [4.78, 5) is 11.1. The molecule has 0 bridgehead atoms. The van der Waals surface area contributed by atoms with Gasteiger partial charge < -0.3 is 5.11 Å². The van der Waals surface area contributed by atoms with E-state index in [9.17, 15) is 13.2 Å². The van der Waals surface area contributed by atoms with Gasteiger partial charge in [0.25, 0.3) is 0 Å². The van der Waals surface area contributed by atoms with Crippen molar-refractivity contribution in [1.82, 2.24) is 4.72 Å². The van der Waals surface area contributed by atoms with Gasteiger partial charge in [0, 0.05) is 4.47 Å². The molecule has 1 atom stereocenters. The molecule has 0 spiro atoms. The van der Waals surface area contributed by atoms with Crippen LogP contribution in [0.3, 0.4) is 0 Å². The molecular formula is C12H16BrNO4S. The van der Waals surface area contributed by atoms with Crippen molar-refractivity contribution in [2.45, 2.75) is 37.1 Å². The molecule has 0 saturated heterocycles. The van der Waals surface area contributed by atoms with Crippen LogP contribution in [0.2, 0.25) is 0 Å². The van der Waals surface area contributed by atoms with Gasteiger partial charge in [-0.1, -0.05) is 41.8 Å². The molecule has 1 unspecified atom stereocenters. The Morgan fingerprint density at radius 3 is 2.68 bits per heavy atom. The van der Waals surface area contributed by atoms with Crippen molar-refractivity contribution in [2.75, 3.05) is 0 Å². The van der Waals surface area contributed by atoms with Crippen LogP contribution in [0.15, 0.2) is 33.6 Å². The first-order valence-electron chi connectivity index (χ1n) is 5.87. The number of benzene rings is 1. The van der Waals surface area contributed by atoms with Gasteiger partial charge in [0.15, 0.2) is 0 Å². The van der Waals surface area contributed by atoms with Gasteiger partial charge in [-0.25, -0.2) is 8.42 Å². The summed E-state index contributed by atoms with van der Waals surface area (Å²) in [7, 11) is -3.82. The summed E-state index contributed by atoms with van der Waals surface area (Å²) in [6.45, 7) is 1.92. The zero-order valence-corrected chi connectivity index (χ0v) is 12.9. The van der Waals surface area contributed by atoms with Gasteiger partial charge in [-0.15, -0.1) is 0 Å². The Morgan fingerprint density at radius 1 is 1.47 bits per heavy atom. The van der Waals surface area contributed by atoms with Crippen LogP contribution >= 0.6 is 15.9 Å². The average Bonchev–Trinajstić information content (AvgIpc) is 2.34. The molecule has 19 heavy (non-hydrogen) atoms. The fourth-order valence-electron chi connectivity index (χ4n) is 1.53. The highest BCUT2D eigenvalue weighted by molar-refractivity contribution is 9.10. The van der Waals surface area contributed by atoms with Crippen LogP contribution in [0.5, 0.6) is 0 Å². The fourth-order valence-corrected chi connectivity index (χ4v) is 3.35. The number of sulfonamides is 1. The second-order valence-electron chi connectivity index (χ2n) is 4.11. The van der Waals surface area contributed by atoms with E-state index in [4.69, 9.17) is 5.11 Å². The highest BCUT2D eigenvalue weighted by atomic mass is 79.9. The summed E-state index contributed by atoms with van der Waals surface area (Å²) in [5.74, 6) is -1.16. The number of hydrogen-bond acceptors (Lipinski definition) is 3. The van der Waals surface area contributed by atoms with Crippen molar-refractivity contribution in [3.63, 3.8) is 0 Å². The lowest BCUT2D eigenvalue weighted by Crippen LogP contribution is -2.40. The van der Waals surface area contributed by atoms with Gasteiger partial charge in [-0.2, -0.15) is 4.72 Å². The van der Waals surface area contributed by atoms with Crippen LogP contribution in [0.1, 0.15) is 26.2 Å². The Balaban J connectivity index is 2.91. The van der Waals surface area contributed by atoms with Crippen molar-refractivity contribution in [3.8, 4) is 0 Å². The van der Waals surface area contributed by atoms with E-state index in [1.165, 1.54) is 12.1 Å². The van der Waals surface area contributed by atoms with Gasteiger partial charge in [0.05, 0.1) is 4.90 Å². The second kappa shape index (κ2) is 7.02. The van der Waals surface area contributed by atoms with Crippen LogP contribution in [0.4, 0.5) is 0 Å². The standard InChI is InChI=1S/C12H16BrNO4S/c1-2-3-7-11(12(15)16)14-19(17,18)10-6-4-5-9(13)8-10/h4-6,8,11,14H,2-3,7H2,1H3,(H,15,16). The zero-order chi connectivity index (χ0) is 14.5. The van der Waals surface area contributed by atoms with Crippen molar-refractivity contribution >= 4 is 31.9 Å². The third kappa shape index (κ3) is 4.93. The first-order chi connectivity index (χ1) is 8.86. The van der Waals surface area contributed by atoms with E-state index in [-0.39, 0.29) is 11.3 Å². The van der Waals surface area contributed by atoms with E-state index in [1.807, 2.05) is 6.92 Å². The lowest BCUT2D eigenvalue weighted by Gasteiger charge is -2.14. The van der Waals surface area contributed by atoms with Crippen molar-refractivity contribution in [3.05, 3.63) is 28.7 Å². The molecule has 0 amide bonds.